The van der Waals surface area contributed by atoms with Crippen LogP contribution in [0.3, 0.4) is 0 Å². The van der Waals surface area contributed by atoms with Gasteiger partial charge < -0.3 is 0 Å². The maximum Gasteiger partial charge on any atom is 0.0488 e. The van der Waals surface area contributed by atoms with Crippen LogP contribution in [0.15, 0.2) is 109 Å². The van der Waals surface area contributed by atoms with E-state index in [2.05, 4.69) is 111 Å². The smallest absolute Gasteiger partial charge is 0.0488 e. The highest BCUT2D eigenvalue weighted by Gasteiger charge is 2.44. The van der Waals surface area contributed by atoms with Gasteiger partial charge in [0.1, 0.15) is 0 Å². The topological polar surface area (TPSA) is 0 Å². The molecular weight excluding hydrogens is 336 g/mol. The van der Waals surface area contributed by atoms with Crippen molar-refractivity contribution in [3.8, 4) is 0 Å². The summed E-state index contributed by atoms with van der Waals surface area (Å²) >= 11 is 0. The van der Waals surface area contributed by atoms with Crippen molar-refractivity contribution in [3.63, 3.8) is 0 Å². The predicted molar refractivity (Wildman–Crippen MR) is 120 cm³/mol. The van der Waals surface area contributed by atoms with Gasteiger partial charge in [0, 0.05) is 11.3 Å². The normalized spacial score (nSPS) is 23.2. The zero-order valence-corrected chi connectivity index (χ0v) is 16.2. The van der Waals surface area contributed by atoms with Gasteiger partial charge >= 0.3 is 0 Å². The Morgan fingerprint density at radius 2 is 1.71 bits per heavy atom. The highest BCUT2D eigenvalue weighted by molar-refractivity contribution is 5.99. The second-order valence-corrected chi connectivity index (χ2v) is 7.90. The average Bonchev–Trinajstić information content (AvgIpc) is 3.41. The molecule has 5 rings (SSSR count). The van der Waals surface area contributed by atoms with E-state index < -0.39 is 0 Å². The second kappa shape index (κ2) is 6.49. The molecule has 0 amide bonds. The first kappa shape index (κ1) is 17.0. The third-order valence-electron chi connectivity index (χ3n) is 6.45. The number of fused-ring (bicyclic) bond motifs is 3. The third-order valence-corrected chi connectivity index (χ3v) is 6.45. The van der Waals surface area contributed by atoms with Crippen LogP contribution in [0.4, 0.5) is 0 Å². The Balaban J connectivity index is 1.69. The SMILES string of the molecule is C=CC(C)c1ccc(C2(C3C=CC=C3)C=CC=C3C2=Cc2ccccc23)cc1. The van der Waals surface area contributed by atoms with Gasteiger partial charge in [-0.2, -0.15) is 0 Å². The largest absolute Gasteiger partial charge is 0.102 e. The molecule has 3 aliphatic rings. The minimum Gasteiger partial charge on any atom is -0.102 e. The molecule has 0 fully saturated rings. The summed E-state index contributed by atoms with van der Waals surface area (Å²) in [6.45, 7) is 6.14. The molecule has 3 aliphatic carbocycles. The van der Waals surface area contributed by atoms with E-state index in [0.29, 0.717) is 11.8 Å². The van der Waals surface area contributed by atoms with Gasteiger partial charge in [-0.05, 0) is 45.4 Å². The Morgan fingerprint density at radius 3 is 2.46 bits per heavy atom. The van der Waals surface area contributed by atoms with Crippen LogP contribution in [-0.4, -0.2) is 0 Å². The Labute approximate surface area is 167 Å². The first-order valence-electron chi connectivity index (χ1n) is 10.0. The standard InChI is InChI=1S/C28H24/c1-3-20(2)21-14-16-24(17-15-21)28(23-10-5-6-11-23)18-8-13-26-25-12-7-4-9-22(25)19-27(26)28/h3-20,23H,1H2,2H3. The van der Waals surface area contributed by atoms with Crippen molar-refractivity contribution >= 4 is 11.6 Å². The Hall–Kier alpha value is -3.12. The monoisotopic (exact) mass is 360 g/mol. The van der Waals surface area contributed by atoms with Gasteiger partial charge in [0.15, 0.2) is 0 Å². The molecule has 2 aromatic carbocycles. The van der Waals surface area contributed by atoms with E-state index in [0.717, 1.165) is 0 Å². The summed E-state index contributed by atoms with van der Waals surface area (Å²) in [4.78, 5) is 0. The van der Waals surface area contributed by atoms with Crippen LogP contribution in [0.5, 0.6) is 0 Å². The van der Waals surface area contributed by atoms with Crippen molar-refractivity contribution in [2.45, 2.75) is 18.3 Å². The first-order chi connectivity index (χ1) is 13.7. The Bertz CT molecular complexity index is 1070. The summed E-state index contributed by atoms with van der Waals surface area (Å²) in [5.41, 5.74) is 7.90. The van der Waals surface area contributed by atoms with Gasteiger partial charge in [-0.15, -0.1) is 6.58 Å². The van der Waals surface area contributed by atoms with Crippen molar-refractivity contribution < 1.29 is 0 Å². The number of rotatable bonds is 4. The molecule has 0 N–H and O–H groups in total. The van der Waals surface area contributed by atoms with Crippen molar-refractivity contribution in [2.24, 2.45) is 5.92 Å². The molecule has 28 heavy (non-hydrogen) atoms. The van der Waals surface area contributed by atoms with Crippen LogP contribution in [0.25, 0.3) is 11.6 Å². The Morgan fingerprint density at radius 1 is 0.964 bits per heavy atom. The van der Waals surface area contributed by atoms with Crippen molar-refractivity contribution in [1.82, 2.24) is 0 Å². The quantitative estimate of drug-likeness (QED) is 0.515. The fourth-order valence-electron chi connectivity index (χ4n) is 4.82. The maximum absolute atomic E-state index is 3.95. The van der Waals surface area contributed by atoms with Gasteiger partial charge in [0.05, 0.1) is 0 Å². The molecular formula is C28H24. The maximum atomic E-state index is 3.95. The lowest BCUT2D eigenvalue weighted by atomic mass is 9.62. The van der Waals surface area contributed by atoms with Gasteiger partial charge in [-0.1, -0.05) is 104 Å². The average molecular weight is 361 g/mol. The first-order valence-corrected chi connectivity index (χ1v) is 10.0. The molecule has 0 bridgehead atoms. The van der Waals surface area contributed by atoms with E-state index in [-0.39, 0.29) is 5.41 Å². The molecule has 0 saturated heterocycles. The summed E-state index contributed by atoms with van der Waals surface area (Å²) in [5, 5.41) is 0. The molecule has 0 radical (unpaired) electrons. The zero-order chi connectivity index (χ0) is 19.1. The lowest BCUT2D eigenvalue weighted by molar-refractivity contribution is 0.551. The molecule has 0 nitrogen and oxygen atoms in total. The molecule has 0 spiro atoms. The minimum absolute atomic E-state index is 0.178. The zero-order valence-electron chi connectivity index (χ0n) is 16.2. The number of hydrogen-bond acceptors (Lipinski definition) is 0. The fourth-order valence-corrected chi connectivity index (χ4v) is 4.82. The van der Waals surface area contributed by atoms with E-state index in [1.54, 1.807) is 0 Å². The number of hydrogen-bond donors (Lipinski definition) is 0. The van der Waals surface area contributed by atoms with E-state index in [1.807, 2.05) is 6.08 Å². The van der Waals surface area contributed by atoms with Gasteiger partial charge in [0.2, 0.25) is 0 Å². The lowest BCUT2D eigenvalue weighted by Gasteiger charge is -2.40. The van der Waals surface area contributed by atoms with Crippen LogP contribution in [0.2, 0.25) is 0 Å². The third kappa shape index (κ3) is 2.38. The number of benzene rings is 2. The highest BCUT2D eigenvalue weighted by Crippen LogP contribution is 2.54. The summed E-state index contributed by atoms with van der Waals surface area (Å²) in [7, 11) is 0. The molecule has 0 aliphatic heterocycles. The lowest BCUT2D eigenvalue weighted by Crippen LogP contribution is -2.34. The second-order valence-electron chi connectivity index (χ2n) is 7.90. The summed E-state index contributed by atoms with van der Waals surface area (Å²) in [6.07, 6.45) is 20.3. The van der Waals surface area contributed by atoms with Crippen LogP contribution in [0.1, 0.15) is 35.1 Å². The molecule has 0 heterocycles. The molecule has 2 aromatic rings. The summed E-state index contributed by atoms with van der Waals surface area (Å²) in [6, 6.07) is 17.9. The fraction of sp³-hybridized carbons (Fsp3) is 0.143. The highest BCUT2D eigenvalue weighted by atomic mass is 14.5. The van der Waals surface area contributed by atoms with Crippen LogP contribution < -0.4 is 0 Å². The van der Waals surface area contributed by atoms with Gasteiger partial charge in [-0.3, -0.25) is 0 Å². The van der Waals surface area contributed by atoms with Crippen LogP contribution in [-0.2, 0) is 5.41 Å². The molecule has 2 unspecified atom stereocenters. The molecule has 2 atom stereocenters. The van der Waals surface area contributed by atoms with E-state index >= 15 is 0 Å². The van der Waals surface area contributed by atoms with E-state index in [1.165, 1.54) is 33.4 Å². The minimum atomic E-state index is -0.178. The van der Waals surface area contributed by atoms with Crippen molar-refractivity contribution in [3.05, 3.63) is 132 Å². The number of allylic oxidation sites excluding steroid dienone is 10. The summed E-state index contributed by atoms with van der Waals surface area (Å²) < 4.78 is 0. The van der Waals surface area contributed by atoms with Crippen LogP contribution in [0, 0.1) is 5.92 Å². The Kier molecular flexibility index (Phi) is 3.94. The molecule has 136 valence electrons. The van der Waals surface area contributed by atoms with Gasteiger partial charge in [0.25, 0.3) is 0 Å². The van der Waals surface area contributed by atoms with Crippen molar-refractivity contribution in [1.29, 1.82) is 0 Å². The molecule has 0 saturated carbocycles. The predicted octanol–water partition coefficient (Wildman–Crippen LogP) is 7.01. The van der Waals surface area contributed by atoms with E-state index in [4.69, 9.17) is 0 Å². The molecule has 0 heteroatoms. The van der Waals surface area contributed by atoms with Crippen LogP contribution >= 0.6 is 0 Å². The summed E-state index contributed by atoms with van der Waals surface area (Å²) in [5.74, 6) is 0.680. The molecule has 0 aromatic heterocycles. The van der Waals surface area contributed by atoms with Crippen molar-refractivity contribution in [2.75, 3.05) is 0 Å². The van der Waals surface area contributed by atoms with E-state index in [9.17, 15) is 0 Å². The van der Waals surface area contributed by atoms with Gasteiger partial charge in [-0.25, -0.2) is 0 Å².